The molecule has 1 aromatic carbocycles. The highest BCUT2D eigenvalue weighted by molar-refractivity contribution is 9.10. The van der Waals surface area contributed by atoms with Crippen molar-refractivity contribution in [1.82, 2.24) is 5.32 Å². The summed E-state index contributed by atoms with van der Waals surface area (Å²) < 4.78 is 23.7. The normalized spacial score (nSPS) is 23.4. The van der Waals surface area contributed by atoms with Crippen LogP contribution in [0.25, 0.3) is 0 Å². The van der Waals surface area contributed by atoms with E-state index in [1.165, 1.54) is 11.8 Å². The molecule has 0 aromatic heterocycles. The molecule has 112 valence electrons. The van der Waals surface area contributed by atoms with E-state index in [0.29, 0.717) is 18.5 Å². The average molecular weight is 360 g/mol. The molecule has 1 aliphatic rings. The van der Waals surface area contributed by atoms with Crippen molar-refractivity contribution in [2.24, 2.45) is 0 Å². The molecule has 0 saturated heterocycles. The van der Waals surface area contributed by atoms with Gasteiger partial charge in [0.1, 0.15) is 0 Å². The lowest BCUT2D eigenvalue weighted by Gasteiger charge is -2.38. The van der Waals surface area contributed by atoms with Gasteiger partial charge >= 0.3 is 0 Å². The Balaban J connectivity index is 1.82. The summed E-state index contributed by atoms with van der Waals surface area (Å²) in [4.78, 5) is 0. The second-order valence-electron chi connectivity index (χ2n) is 6.33. The molecule has 20 heavy (non-hydrogen) atoms. The number of benzene rings is 1. The highest BCUT2D eigenvalue weighted by Crippen LogP contribution is 2.37. The standard InChI is InChI=1S/C15H22BrNO2S/c1-15(2,20(3,18)19)10-17-14-8-12(9-14)11-4-6-13(16)7-5-11/h4-7,12,14,17H,8-10H2,1-3H3. The molecule has 0 atom stereocenters. The highest BCUT2D eigenvalue weighted by atomic mass is 79.9. The van der Waals surface area contributed by atoms with Gasteiger partial charge in [-0.2, -0.15) is 0 Å². The van der Waals surface area contributed by atoms with E-state index in [-0.39, 0.29) is 0 Å². The zero-order valence-corrected chi connectivity index (χ0v) is 14.6. The van der Waals surface area contributed by atoms with Crippen molar-refractivity contribution in [1.29, 1.82) is 0 Å². The molecule has 1 aliphatic carbocycles. The van der Waals surface area contributed by atoms with E-state index >= 15 is 0 Å². The van der Waals surface area contributed by atoms with Gasteiger partial charge in [0.25, 0.3) is 0 Å². The van der Waals surface area contributed by atoms with Crippen LogP contribution in [-0.2, 0) is 9.84 Å². The second-order valence-corrected chi connectivity index (χ2v) is 9.89. The zero-order chi connectivity index (χ0) is 15.0. The van der Waals surface area contributed by atoms with Crippen molar-refractivity contribution in [3.8, 4) is 0 Å². The molecule has 1 N–H and O–H groups in total. The number of sulfone groups is 1. The van der Waals surface area contributed by atoms with Crippen LogP contribution in [0.15, 0.2) is 28.7 Å². The maximum atomic E-state index is 11.6. The van der Waals surface area contributed by atoms with Gasteiger partial charge in [-0.3, -0.25) is 0 Å². The van der Waals surface area contributed by atoms with Gasteiger partial charge < -0.3 is 5.32 Å². The predicted molar refractivity (Wildman–Crippen MR) is 86.8 cm³/mol. The van der Waals surface area contributed by atoms with Gasteiger partial charge in [0.05, 0.1) is 4.75 Å². The number of rotatable bonds is 5. The maximum Gasteiger partial charge on any atom is 0.153 e. The maximum absolute atomic E-state index is 11.6. The molecular formula is C15H22BrNO2S. The van der Waals surface area contributed by atoms with Gasteiger partial charge in [-0.1, -0.05) is 28.1 Å². The fourth-order valence-electron chi connectivity index (χ4n) is 2.31. The van der Waals surface area contributed by atoms with Crippen molar-refractivity contribution < 1.29 is 8.42 Å². The Morgan fingerprint density at radius 2 is 1.80 bits per heavy atom. The molecule has 1 aromatic rings. The summed E-state index contributed by atoms with van der Waals surface area (Å²) in [6.07, 6.45) is 3.48. The van der Waals surface area contributed by atoms with Gasteiger partial charge in [0, 0.05) is 23.3 Å². The van der Waals surface area contributed by atoms with Crippen LogP contribution in [0.1, 0.15) is 38.2 Å². The Hall–Kier alpha value is -0.390. The van der Waals surface area contributed by atoms with Crippen molar-refractivity contribution in [2.75, 3.05) is 12.8 Å². The molecule has 5 heteroatoms. The van der Waals surface area contributed by atoms with Crippen LogP contribution in [0.2, 0.25) is 0 Å². The van der Waals surface area contributed by atoms with E-state index in [2.05, 4.69) is 45.5 Å². The SMILES string of the molecule is CC(C)(CNC1CC(c2ccc(Br)cc2)C1)S(C)(=O)=O. The molecule has 0 bridgehead atoms. The average Bonchev–Trinajstić information content (AvgIpc) is 2.27. The zero-order valence-electron chi connectivity index (χ0n) is 12.2. The van der Waals surface area contributed by atoms with Crippen molar-refractivity contribution >= 4 is 25.8 Å². The van der Waals surface area contributed by atoms with Crippen molar-refractivity contribution in [3.63, 3.8) is 0 Å². The molecule has 0 amide bonds. The molecule has 0 spiro atoms. The van der Waals surface area contributed by atoms with Crippen molar-refractivity contribution in [3.05, 3.63) is 34.3 Å². The third-order valence-electron chi connectivity index (χ3n) is 4.30. The fraction of sp³-hybridized carbons (Fsp3) is 0.600. The van der Waals surface area contributed by atoms with E-state index in [0.717, 1.165) is 17.3 Å². The minimum atomic E-state index is -3.02. The summed E-state index contributed by atoms with van der Waals surface area (Å²) in [5.41, 5.74) is 1.37. The number of hydrogen-bond donors (Lipinski definition) is 1. The monoisotopic (exact) mass is 359 g/mol. The Labute approximate surface area is 130 Å². The van der Waals surface area contributed by atoms with Crippen molar-refractivity contribution in [2.45, 2.75) is 43.4 Å². The fourth-order valence-corrected chi connectivity index (χ4v) is 2.92. The first-order valence-corrected chi connectivity index (χ1v) is 9.56. The van der Waals surface area contributed by atoms with Crippen LogP contribution in [0.3, 0.4) is 0 Å². The summed E-state index contributed by atoms with van der Waals surface area (Å²) >= 11 is 3.44. The van der Waals surface area contributed by atoms with Crippen LogP contribution in [0.5, 0.6) is 0 Å². The summed E-state index contributed by atoms with van der Waals surface area (Å²) in [6.45, 7) is 4.07. The minimum Gasteiger partial charge on any atom is -0.312 e. The minimum absolute atomic E-state index is 0.435. The van der Waals surface area contributed by atoms with Gasteiger partial charge in [-0.05, 0) is 50.3 Å². The molecule has 0 heterocycles. The van der Waals surface area contributed by atoms with Crippen LogP contribution in [-0.4, -0.2) is 32.0 Å². The van der Waals surface area contributed by atoms with Gasteiger partial charge in [-0.25, -0.2) is 8.42 Å². The molecule has 2 rings (SSSR count). The third kappa shape index (κ3) is 3.62. The summed E-state index contributed by atoms with van der Waals surface area (Å²) in [5.74, 6) is 0.599. The molecule has 1 fully saturated rings. The third-order valence-corrected chi connectivity index (χ3v) is 6.98. The van der Waals surface area contributed by atoms with Crippen LogP contribution in [0.4, 0.5) is 0 Å². The summed E-state index contributed by atoms with van der Waals surface area (Å²) in [5, 5.41) is 3.39. The van der Waals surface area contributed by atoms with Crippen LogP contribution < -0.4 is 5.32 Å². The Bertz CT molecular complexity index is 560. The Morgan fingerprint density at radius 1 is 1.25 bits per heavy atom. The summed E-state index contributed by atoms with van der Waals surface area (Å²) in [6, 6.07) is 8.90. The number of nitrogens with one attached hydrogen (secondary N) is 1. The molecule has 0 radical (unpaired) electrons. The smallest absolute Gasteiger partial charge is 0.153 e. The first-order chi connectivity index (χ1) is 9.19. The predicted octanol–water partition coefficient (Wildman–Crippen LogP) is 3.11. The molecule has 0 unspecified atom stereocenters. The first-order valence-electron chi connectivity index (χ1n) is 6.87. The van der Waals surface area contributed by atoms with Gasteiger partial charge in [-0.15, -0.1) is 0 Å². The van der Waals surface area contributed by atoms with Crippen LogP contribution >= 0.6 is 15.9 Å². The summed E-state index contributed by atoms with van der Waals surface area (Å²) in [7, 11) is -3.02. The number of halogens is 1. The quantitative estimate of drug-likeness (QED) is 0.878. The molecule has 0 aliphatic heterocycles. The lowest BCUT2D eigenvalue weighted by atomic mass is 9.76. The van der Waals surface area contributed by atoms with Crippen LogP contribution in [0, 0.1) is 0 Å². The van der Waals surface area contributed by atoms with E-state index in [1.54, 1.807) is 13.8 Å². The molecule has 1 saturated carbocycles. The number of hydrogen-bond acceptors (Lipinski definition) is 3. The van der Waals surface area contributed by atoms with E-state index in [4.69, 9.17) is 0 Å². The topological polar surface area (TPSA) is 46.2 Å². The lowest BCUT2D eigenvalue weighted by molar-refractivity contribution is 0.284. The Morgan fingerprint density at radius 3 is 2.30 bits per heavy atom. The first kappa shape index (κ1) is 16.0. The second kappa shape index (κ2) is 5.78. The highest BCUT2D eigenvalue weighted by Gasteiger charge is 2.34. The Kier molecular flexibility index (Phi) is 4.62. The largest absolute Gasteiger partial charge is 0.312 e. The van der Waals surface area contributed by atoms with E-state index < -0.39 is 14.6 Å². The molecule has 3 nitrogen and oxygen atoms in total. The van der Waals surface area contributed by atoms with E-state index in [9.17, 15) is 8.42 Å². The van der Waals surface area contributed by atoms with Gasteiger partial charge in [0.15, 0.2) is 9.84 Å². The van der Waals surface area contributed by atoms with Gasteiger partial charge in [0.2, 0.25) is 0 Å². The lowest BCUT2D eigenvalue weighted by Crippen LogP contribution is -2.49. The molecular weight excluding hydrogens is 338 g/mol. The van der Waals surface area contributed by atoms with E-state index in [1.807, 2.05) is 0 Å².